The number of carbonyl (C=O) groups is 2. The Balaban J connectivity index is 2.03. The quantitative estimate of drug-likeness (QED) is 0.878. The Morgan fingerprint density at radius 3 is 2.57 bits per heavy atom. The number of urea groups is 1. The lowest BCUT2D eigenvalue weighted by Gasteiger charge is -2.35. The van der Waals surface area contributed by atoms with Gasteiger partial charge in [0.1, 0.15) is 0 Å². The zero-order chi connectivity index (χ0) is 15.6. The molecule has 1 heterocycles. The lowest BCUT2D eigenvalue weighted by Crippen LogP contribution is -2.44. The Morgan fingerprint density at radius 2 is 2.00 bits per heavy atom. The molecule has 0 bridgehead atoms. The van der Waals surface area contributed by atoms with Crippen molar-refractivity contribution in [2.24, 2.45) is 11.8 Å². The van der Waals surface area contributed by atoms with Gasteiger partial charge in [-0.25, -0.2) is 9.59 Å². The Morgan fingerprint density at radius 1 is 1.29 bits per heavy atom. The summed E-state index contributed by atoms with van der Waals surface area (Å²) in [4.78, 5) is 25.0. The second-order valence-electron chi connectivity index (χ2n) is 5.95. The van der Waals surface area contributed by atoms with E-state index in [0.717, 1.165) is 19.5 Å². The van der Waals surface area contributed by atoms with E-state index in [1.807, 2.05) is 4.90 Å². The van der Waals surface area contributed by atoms with Crippen LogP contribution in [0.2, 0.25) is 0 Å². The number of piperidine rings is 1. The molecule has 2 atom stereocenters. The van der Waals surface area contributed by atoms with Crippen LogP contribution in [0, 0.1) is 18.8 Å². The summed E-state index contributed by atoms with van der Waals surface area (Å²) in [5, 5.41) is 11.8. The number of nitrogens with one attached hydrogen (secondary N) is 1. The highest BCUT2D eigenvalue weighted by atomic mass is 16.4. The number of rotatable bonds is 2. The van der Waals surface area contributed by atoms with Gasteiger partial charge in [0, 0.05) is 18.8 Å². The minimum absolute atomic E-state index is 0.115. The summed E-state index contributed by atoms with van der Waals surface area (Å²) >= 11 is 0. The number of hydrogen-bond acceptors (Lipinski definition) is 2. The van der Waals surface area contributed by atoms with Gasteiger partial charge < -0.3 is 15.3 Å². The van der Waals surface area contributed by atoms with E-state index in [4.69, 9.17) is 5.11 Å². The van der Waals surface area contributed by atoms with Gasteiger partial charge in [-0.3, -0.25) is 0 Å². The van der Waals surface area contributed by atoms with Gasteiger partial charge >= 0.3 is 12.0 Å². The highest BCUT2D eigenvalue weighted by Gasteiger charge is 2.25. The van der Waals surface area contributed by atoms with Gasteiger partial charge in [-0.05, 0) is 48.9 Å². The van der Waals surface area contributed by atoms with Gasteiger partial charge in [-0.15, -0.1) is 0 Å². The Labute approximate surface area is 125 Å². The summed E-state index contributed by atoms with van der Waals surface area (Å²) in [6.45, 7) is 7.64. The molecular weight excluding hydrogens is 268 g/mol. The summed E-state index contributed by atoms with van der Waals surface area (Å²) in [5.74, 6) is 0.191. The fourth-order valence-corrected chi connectivity index (χ4v) is 2.63. The molecule has 5 heteroatoms. The first-order valence-electron chi connectivity index (χ1n) is 7.28. The van der Waals surface area contributed by atoms with Gasteiger partial charge in [-0.1, -0.05) is 13.8 Å². The normalized spacial score (nSPS) is 22.0. The molecule has 2 unspecified atom stereocenters. The Bertz CT molecular complexity index is 556. The largest absolute Gasteiger partial charge is 0.478 e. The van der Waals surface area contributed by atoms with Crippen molar-refractivity contribution in [2.75, 3.05) is 18.4 Å². The predicted molar refractivity (Wildman–Crippen MR) is 81.7 cm³/mol. The number of carbonyl (C=O) groups excluding carboxylic acids is 1. The van der Waals surface area contributed by atoms with E-state index in [1.165, 1.54) is 6.07 Å². The molecule has 5 nitrogen and oxygen atoms in total. The monoisotopic (exact) mass is 290 g/mol. The third-order valence-electron chi connectivity index (χ3n) is 4.33. The molecule has 0 aromatic heterocycles. The van der Waals surface area contributed by atoms with Crippen molar-refractivity contribution < 1.29 is 14.7 Å². The van der Waals surface area contributed by atoms with E-state index in [1.54, 1.807) is 19.1 Å². The van der Waals surface area contributed by atoms with Gasteiger partial charge in [0.25, 0.3) is 0 Å². The van der Waals surface area contributed by atoms with Crippen molar-refractivity contribution in [2.45, 2.75) is 27.2 Å². The highest BCUT2D eigenvalue weighted by molar-refractivity contribution is 5.92. The fraction of sp³-hybridized carbons (Fsp3) is 0.500. The van der Waals surface area contributed by atoms with Gasteiger partial charge in [0.05, 0.1) is 5.56 Å². The second kappa shape index (κ2) is 6.16. The number of benzene rings is 1. The Kier molecular flexibility index (Phi) is 4.50. The molecule has 1 aromatic rings. The summed E-state index contributed by atoms with van der Waals surface area (Å²) < 4.78 is 0. The highest BCUT2D eigenvalue weighted by Crippen LogP contribution is 2.23. The maximum Gasteiger partial charge on any atom is 0.335 e. The second-order valence-corrected chi connectivity index (χ2v) is 5.95. The predicted octanol–water partition coefficient (Wildman–Crippen LogP) is 3.20. The Hall–Kier alpha value is -2.04. The maximum atomic E-state index is 12.2. The average Bonchev–Trinajstić information content (AvgIpc) is 2.41. The summed E-state index contributed by atoms with van der Waals surface area (Å²) in [5.41, 5.74) is 1.53. The van der Waals surface area contributed by atoms with E-state index in [0.29, 0.717) is 23.1 Å². The van der Waals surface area contributed by atoms with Crippen LogP contribution in [0.15, 0.2) is 18.2 Å². The van der Waals surface area contributed by atoms with Crippen molar-refractivity contribution in [1.29, 1.82) is 0 Å². The molecule has 1 aliphatic rings. The van der Waals surface area contributed by atoms with Gasteiger partial charge in [0.2, 0.25) is 0 Å². The molecule has 0 radical (unpaired) electrons. The molecule has 0 spiro atoms. The first-order chi connectivity index (χ1) is 9.88. The van der Waals surface area contributed by atoms with Crippen LogP contribution < -0.4 is 5.32 Å². The summed E-state index contributed by atoms with van der Waals surface area (Å²) in [6, 6.07) is 4.73. The van der Waals surface area contributed by atoms with Crippen molar-refractivity contribution in [3.05, 3.63) is 29.3 Å². The third kappa shape index (κ3) is 3.54. The fourth-order valence-electron chi connectivity index (χ4n) is 2.63. The van der Waals surface area contributed by atoms with Crippen LogP contribution in [0.3, 0.4) is 0 Å². The number of likely N-dealkylation sites (tertiary alicyclic amines) is 1. The van der Waals surface area contributed by atoms with Crippen molar-refractivity contribution in [3.63, 3.8) is 0 Å². The first-order valence-corrected chi connectivity index (χ1v) is 7.28. The van der Waals surface area contributed by atoms with Crippen LogP contribution in [0.1, 0.15) is 36.2 Å². The van der Waals surface area contributed by atoms with Crippen molar-refractivity contribution in [1.82, 2.24) is 4.90 Å². The molecular formula is C16H22N2O3. The minimum Gasteiger partial charge on any atom is -0.478 e. The lowest BCUT2D eigenvalue weighted by molar-refractivity contribution is 0.0696. The minimum atomic E-state index is -0.954. The smallest absolute Gasteiger partial charge is 0.335 e. The number of anilines is 1. The van der Waals surface area contributed by atoms with E-state index in [2.05, 4.69) is 19.2 Å². The van der Waals surface area contributed by atoms with Crippen LogP contribution in [-0.4, -0.2) is 35.1 Å². The van der Waals surface area contributed by atoms with Crippen LogP contribution in [0.5, 0.6) is 0 Å². The number of aryl methyl sites for hydroxylation is 1. The number of aromatic carboxylic acids is 1. The summed E-state index contributed by atoms with van der Waals surface area (Å²) in [6.07, 6.45) is 1.02. The SMILES string of the molecule is Cc1cc(NC(=O)N2CCC(C)C(C)C2)ccc1C(=O)O. The van der Waals surface area contributed by atoms with Gasteiger partial charge in [0.15, 0.2) is 0 Å². The molecule has 0 aliphatic carbocycles. The van der Waals surface area contributed by atoms with Crippen LogP contribution >= 0.6 is 0 Å². The van der Waals surface area contributed by atoms with Crippen LogP contribution in [0.25, 0.3) is 0 Å². The number of carboxylic acid groups (broad SMARTS) is 1. The van der Waals surface area contributed by atoms with E-state index in [9.17, 15) is 9.59 Å². The molecule has 1 aromatic carbocycles. The molecule has 1 aliphatic heterocycles. The lowest BCUT2D eigenvalue weighted by atomic mass is 9.89. The maximum absolute atomic E-state index is 12.2. The number of amides is 2. The molecule has 1 saturated heterocycles. The van der Waals surface area contributed by atoms with E-state index < -0.39 is 5.97 Å². The summed E-state index contributed by atoms with van der Waals surface area (Å²) in [7, 11) is 0. The molecule has 21 heavy (non-hydrogen) atoms. The first kappa shape index (κ1) is 15.4. The molecule has 2 amide bonds. The molecule has 2 rings (SSSR count). The standard InChI is InChI=1S/C16H22N2O3/c1-10-6-7-18(9-12(10)3)16(21)17-13-4-5-14(15(19)20)11(2)8-13/h4-5,8,10,12H,6-7,9H2,1-3H3,(H,17,21)(H,19,20). The number of carboxylic acids is 1. The third-order valence-corrected chi connectivity index (χ3v) is 4.33. The number of hydrogen-bond donors (Lipinski definition) is 2. The molecule has 0 saturated carbocycles. The zero-order valence-electron chi connectivity index (χ0n) is 12.7. The molecule has 2 N–H and O–H groups in total. The topological polar surface area (TPSA) is 69.6 Å². The van der Waals surface area contributed by atoms with E-state index >= 15 is 0 Å². The number of nitrogens with zero attached hydrogens (tertiary/aromatic N) is 1. The van der Waals surface area contributed by atoms with Crippen LogP contribution in [0.4, 0.5) is 10.5 Å². The van der Waals surface area contributed by atoms with Crippen molar-refractivity contribution >= 4 is 17.7 Å². The zero-order valence-corrected chi connectivity index (χ0v) is 12.7. The van der Waals surface area contributed by atoms with Gasteiger partial charge in [-0.2, -0.15) is 0 Å². The van der Waals surface area contributed by atoms with Crippen molar-refractivity contribution in [3.8, 4) is 0 Å². The molecule has 1 fully saturated rings. The molecule has 114 valence electrons. The van der Waals surface area contributed by atoms with E-state index in [-0.39, 0.29) is 11.6 Å². The average molecular weight is 290 g/mol. The van der Waals surface area contributed by atoms with Crippen LogP contribution in [-0.2, 0) is 0 Å².